The third-order valence-electron chi connectivity index (χ3n) is 2.65. The van der Waals surface area contributed by atoms with E-state index >= 15 is 0 Å². The van der Waals surface area contributed by atoms with Gasteiger partial charge in [0.25, 0.3) is 0 Å². The van der Waals surface area contributed by atoms with Crippen LogP contribution in [-0.2, 0) is 18.3 Å². The van der Waals surface area contributed by atoms with Crippen molar-refractivity contribution in [3.63, 3.8) is 0 Å². The molecule has 0 aliphatic heterocycles. The Labute approximate surface area is 136 Å². The van der Waals surface area contributed by atoms with Gasteiger partial charge in [-0.05, 0) is 0 Å². The van der Waals surface area contributed by atoms with Gasteiger partial charge >= 0.3 is 30.7 Å². The van der Waals surface area contributed by atoms with Crippen LogP contribution in [0.2, 0.25) is 0 Å². The van der Waals surface area contributed by atoms with Crippen LogP contribution in [0.1, 0.15) is 0 Å². The Kier molecular flexibility index (Phi) is 9.14. The SMILES string of the molecule is O=P(O)(O)CCN(CCN(CCP(=O)(O)O)P(=O)(O)O)P(=O)(O)O. The van der Waals surface area contributed by atoms with E-state index in [9.17, 15) is 18.3 Å². The van der Waals surface area contributed by atoms with E-state index in [1.165, 1.54) is 0 Å². The summed E-state index contributed by atoms with van der Waals surface area (Å²) in [6.45, 7) is -2.89. The highest BCUT2D eigenvalue weighted by Crippen LogP contribution is 2.45. The van der Waals surface area contributed by atoms with E-state index in [-0.39, 0.29) is 0 Å². The summed E-state index contributed by atoms with van der Waals surface area (Å²) in [5, 5.41) is 0. The molecular weight excluding hydrogens is 416 g/mol. The zero-order chi connectivity index (χ0) is 19.4. The maximum absolute atomic E-state index is 11.3. The van der Waals surface area contributed by atoms with Crippen LogP contribution in [0.25, 0.3) is 0 Å². The lowest BCUT2D eigenvalue weighted by molar-refractivity contribution is 0.234. The van der Waals surface area contributed by atoms with Gasteiger partial charge in [-0.2, -0.15) is 0 Å². The lowest BCUT2D eigenvalue weighted by atomic mass is 10.5. The van der Waals surface area contributed by atoms with Crippen molar-refractivity contribution in [1.82, 2.24) is 9.34 Å². The molecule has 0 saturated carbocycles. The minimum absolute atomic E-state index is 0.312. The Balaban J connectivity index is 4.98. The van der Waals surface area contributed by atoms with E-state index in [1.54, 1.807) is 0 Å². The molecule has 0 aromatic rings. The van der Waals surface area contributed by atoms with Gasteiger partial charge in [0.2, 0.25) is 0 Å². The van der Waals surface area contributed by atoms with Gasteiger partial charge in [0.15, 0.2) is 0 Å². The summed E-state index contributed by atoms with van der Waals surface area (Å²) in [6.07, 6.45) is -1.78. The standard InChI is InChI=1S/C6H20N2O12P4/c9-21(10,11)5-3-7(23(15,16)17)1-2-8(24(18,19)20)4-6-22(12,13)14/h1-6H2,(H2,9,10,11)(H2,12,13,14)(H2,15,16,17)(H2,18,19,20). The second-order valence-corrected chi connectivity index (χ2v) is 11.4. The van der Waals surface area contributed by atoms with Crippen LogP contribution < -0.4 is 0 Å². The molecule has 0 aromatic heterocycles. The maximum Gasteiger partial charge on any atom is 0.403 e. The van der Waals surface area contributed by atoms with Crippen LogP contribution in [0.4, 0.5) is 0 Å². The summed E-state index contributed by atoms with van der Waals surface area (Å²) in [7, 11) is -19.0. The number of hydrogen-bond acceptors (Lipinski definition) is 4. The van der Waals surface area contributed by atoms with E-state index in [2.05, 4.69) is 0 Å². The molecule has 0 radical (unpaired) electrons. The molecule has 0 unspecified atom stereocenters. The molecule has 0 bridgehead atoms. The number of rotatable bonds is 11. The maximum atomic E-state index is 11.3. The van der Waals surface area contributed by atoms with Crippen molar-refractivity contribution in [3.8, 4) is 0 Å². The zero-order valence-corrected chi connectivity index (χ0v) is 15.7. The van der Waals surface area contributed by atoms with E-state index in [1.807, 2.05) is 0 Å². The van der Waals surface area contributed by atoms with Gasteiger partial charge in [0.05, 0.1) is 12.3 Å². The van der Waals surface area contributed by atoms with Crippen LogP contribution in [0.5, 0.6) is 0 Å². The minimum Gasteiger partial charge on any atom is -0.324 e. The number of hydrogen-bond donors (Lipinski definition) is 8. The minimum atomic E-state index is -4.97. The molecule has 0 aromatic carbocycles. The molecule has 0 atom stereocenters. The van der Waals surface area contributed by atoms with E-state index in [4.69, 9.17) is 39.1 Å². The normalized spacial score (nSPS) is 14.6. The van der Waals surface area contributed by atoms with Gasteiger partial charge in [-0.25, -0.2) is 18.5 Å². The van der Waals surface area contributed by atoms with Crippen LogP contribution >= 0.6 is 30.7 Å². The van der Waals surface area contributed by atoms with Gasteiger partial charge in [0, 0.05) is 26.2 Å². The van der Waals surface area contributed by atoms with Crippen LogP contribution in [0, 0.1) is 0 Å². The Bertz CT molecular complexity index is 534. The van der Waals surface area contributed by atoms with Crippen molar-refractivity contribution < 1.29 is 57.4 Å². The second kappa shape index (κ2) is 8.94. The first-order valence-corrected chi connectivity index (χ1v) is 12.9. The molecule has 0 fully saturated rings. The Morgan fingerprint density at radius 3 is 0.917 bits per heavy atom. The Morgan fingerprint density at radius 1 is 0.500 bits per heavy atom. The van der Waals surface area contributed by atoms with Crippen molar-refractivity contribution in [2.75, 3.05) is 38.5 Å². The molecular formula is C6H20N2O12P4. The topological polar surface area (TPSA) is 237 Å². The third-order valence-corrected chi connectivity index (χ3v) is 6.49. The lowest BCUT2D eigenvalue weighted by Crippen LogP contribution is -2.34. The van der Waals surface area contributed by atoms with Crippen molar-refractivity contribution >= 4 is 30.7 Å². The fraction of sp³-hybridized carbons (Fsp3) is 1.00. The van der Waals surface area contributed by atoms with E-state index < -0.39 is 69.2 Å². The smallest absolute Gasteiger partial charge is 0.324 e. The summed E-state index contributed by atoms with van der Waals surface area (Å²) in [5.41, 5.74) is 0. The first kappa shape index (κ1) is 24.5. The van der Waals surface area contributed by atoms with Crippen molar-refractivity contribution in [2.24, 2.45) is 0 Å². The fourth-order valence-corrected chi connectivity index (χ4v) is 4.21. The molecule has 146 valence electrons. The highest BCUT2D eigenvalue weighted by molar-refractivity contribution is 7.52. The summed E-state index contributed by atoms with van der Waals surface area (Å²) in [5.74, 6) is 0. The summed E-state index contributed by atoms with van der Waals surface area (Å²) >= 11 is 0. The predicted octanol–water partition coefficient (Wildman–Crippen LogP) is -1.87. The largest absolute Gasteiger partial charge is 0.403 e. The molecule has 0 aliphatic carbocycles. The third kappa shape index (κ3) is 12.0. The molecule has 8 N–H and O–H groups in total. The summed E-state index contributed by atoms with van der Waals surface area (Å²) in [6, 6.07) is 0. The van der Waals surface area contributed by atoms with Gasteiger partial charge in [-0.1, -0.05) is 0 Å². The monoisotopic (exact) mass is 436 g/mol. The molecule has 0 heterocycles. The van der Waals surface area contributed by atoms with Crippen molar-refractivity contribution in [1.29, 1.82) is 0 Å². The van der Waals surface area contributed by atoms with Gasteiger partial charge in [-0.3, -0.25) is 9.13 Å². The van der Waals surface area contributed by atoms with Gasteiger partial charge in [-0.15, -0.1) is 0 Å². The average Bonchev–Trinajstić information content (AvgIpc) is 2.26. The lowest BCUT2D eigenvalue weighted by Gasteiger charge is -2.28. The van der Waals surface area contributed by atoms with Crippen LogP contribution in [-0.4, -0.2) is 87.0 Å². The second-order valence-electron chi connectivity index (χ2n) is 4.71. The molecule has 0 spiro atoms. The van der Waals surface area contributed by atoms with Gasteiger partial charge < -0.3 is 39.1 Å². The Morgan fingerprint density at radius 2 is 0.750 bits per heavy atom. The zero-order valence-electron chi connectivity index (χ0n) is 12.1. The number of nitrogens with zero attached hydrogens (tertiary/aromatic N) is 2. The summed E-state index contributed by atoms with van der Waals surface area (Å²) < 4.78 is 44.7. The Hall–Kier alpha value is 0.520. The first-order valence-electron chi connectivity index (χ1n) is 6.13. The van der Waals surface area contributed by atoms with Crippen molar-refractivity contribution in [3.05, 3.63) is 0 Å². The molecule has 0 rings (SSSR count). The van der Waals surface area contributed by atoms with E-state index in [0.717, 1.165) is 0 Å². The highest BCUT2D eigenvalue weighted by atomic mass is 31.2. The molecule has 0 aliphatic rings. The van der Waals surface area contributed by atoms with Crippen molar-refractivity contribution in [2.45, 2.75) is 0 Å². The highest BCUT2D eigenvalue weighted by Gasteiger charge is 2.32. The fourth-order valence-electron chi connectivity index (χ4n) is 1.47. The van der Waals surface area contributed by atoms with Crippen LogP contribution in [0.15, 0.2) is 0 Å². The predicted molar refractivity (Wildman–Crippen MR) is 81.1 cm³/mol. The molecule has 24 heavy (non-hydrogen) atoms. The van der Waals surface area contributed by atoms with E-state index in [0.29, 0.717) is 9.34 Å². The summed E-state index contributed by atoms with van der Waals surface area (Å²) in [4.78, 5) is 71.3. The first-order chi connectivity index (χ1) is 10.4. The molecule has 0 amide bonds. The van der Waals surface area contributed by atoms with Crippen LogP contribution in [0.3, 0.4) is 0 Å². The average molecular weight is 436 g/mol. The molecule has 18 heteroatoms. The van der Waals surface area contributed by atoms with Gasteiger partial charge in [0.1, 0.15) is 0 Å². The molecule has 14 nitrogen and oxygen atoms in total. The quantitative estimate of drug-likeness (QED) is 0.166. The molecule has 0 saturated heterocycles.